The number of nitrogens with zero attached hydrogens (tertiary/aromatic N) is 1. The Balaban J connectivity index is 1.82. The predicted molar refractivity (Wildman–Crippen MR) is 96.4 cm³/mol. The molecule has 1 heterocycles. The highest BCUT2D eigenvalue weighted by Gasteiger charge is 2.10. The average molecular weight is 343 g/mol. The van der Waals surface area contributed by atoms with Crippen molar-refractivity contribution in [1.82, 2.24) is 4.98 Å². The van der Waals surface area contributed by atoms with Gasteiger partial charge in [0.05, 0.1) is 19.3 Å². The molecule has 1 unspecified atom stereocenters. The second kappa shape index (κ2) is 9.67. The zero-order valence-corrected chi connectivity index (χ0v) is 15.0. The topological polar surface area (TPSA) is 57.7 Å². The fraction of sp³-hybridized carbons (Fsp3) is 0.400. The number of aromatic nitrogens is 1. The van der Waals surface area contributed by atoms with Crippen LogP contribution in [-0.2, 0) is 0 Å². The number of hydrogen-bond acceptors (Lipinski definition) is 5. The van der Waals surface area contributed by atoms with Crippen LogP contribution >= 0.6 is 0 Å². The lowest BCUT2D eigenvalue weighted by Crippen LogP contribution is -2.09. The maximum absolute atomic E-state index is 12.1. The van der Waals surface area contributed by atoms with Crippen LogP contribution in [0.25, 0.3) is 0 Å². The predicted octanol–water partition coefficient (Wildman–Crippen LogP) is 4.51. The van der Waals surface area contributed by atoms with Crippen LogP contribution in [0.4, 0.5) is 0 Å². The number of methoxy groups -OCH3 is 1. The highest BCUT2D eigenvalue weighted by Crippen LogP contribution is 2.18. The summed E-state index contributed by atoms with van der Waals surface area (Å²) >= 11 is 0. The molecule has 25 heavy (non-hydrogen) atoms. The highest BCUT2D eigenvalue weighted by atomic mass is 16.5. The molecule has 134 valence electrons. The van der Waals surface area contributed by atoms with E-state index in [2.05, 4.69) is 18.8 Å². The van der Waals surface area contributed by atoms with E-state index in [0.29, 0.717) is 35.5 Å². The second-order valence-corrected chi connectivity index (χ2v) is 5.95. The van der Waals surface area contributed by atoms with Crippen LogP contribution in [0.1, 0.15) is 43.5 Å². The van der Waals surface area contributed by atoms with Gasteiger partial charge in [0, 0.05) is 12.3 Å². The Bertz CT molecular complexity index is 652. The number of carbonyl (C=O) groups excluding carboxylic acids is 1. The molecule has 2 rings (SSSR count). The Kier molecular flexibility index (Phi) is 7.26. The third-order valence-electron chi connectivity index (χ3n) is 4.03. The monoisotopic (exact) mass is 343 g/mol. The van der Waals surface area contributed by atoms with Crippen molar-refractivity contribution in [2.45, 2.75) is 33.1 Å². The summed E-state index contributed by atoms with van der Waals surface area (Å²) in [5.74, 6) is 1.94. The van der Waals surface area contributed by atoms with Gasteiger partial charge in [-0.3, -0.25) is 0 Å². The fourth-order valence-corrected chi connectivity index (χ4v) is 2.21. The van der Waals surface area contributed by atoms with Crippen molar-refractivity contribution in [3.8, 4) is 17.4 Å². The van der Waals surface area contributed by atoms with E-state index in [1.165, 1.54) is 12.6 Å². The van der Waals surface area contributed by atoms with Gasteiger partial charge in [-0.1, -0.05) is 20.3 Å². The van der Waals surface area contributed by atoms with E-state index in [0.717, 1.165) is 12.8 Å². The first kappa shape index (κ1) is 18.8. The number of benzene rings is 1. The summed E-state index contributed by atoms with van der Waals surface area (Å²) in [6, 6.07) is 10.2. The minimum atomic E-state index is -0.457. The van der Waals surface area contributed by atoms with Crippen LogP contribution in [0, 0.1) is 5.92 Å². The van der Waals surface area contributed by atoms with E-state index in [-0.39, 0.29) is 0 Å². The molecule has 5 heteroatoms. The van der Waals surface area contributed by atoms with E-state index in [1.807, 2.05) is 0 Å². The lowest BCUT2D eigenvalue weighted by molar-refractivity contribution is 0.0734. The zero-order chi connectivity index (χ0) is 18.1. The van der Waals surface area contributed by atoms with Gasteiger partial charge in [-0.25, -0.2) is 9.78 Å². The molecule has 0 aliphatic rings. The smallest absolute Gasteiger partial charge is 0.345 e. The van der Waals surface area contributed by atoms with Crippen LogP contribution in [0.5, 0.6) is 17.4 Å². The molecule has 0 radical (unpaired) electrons. The molecule has 5 nitrogen and oxygen atoms in total. The fourth-order valence-electron chi connectivity index (χ4n) is 2.21. The van der Waals surface area contributed by atoms with E-state index in [1.54, 1.807) is 43.5 Å². The highest BCUT2D eigenvalue weighted by molar-refractivity contribution is 5.90. The van der Waals surface area contributed by atoms with Crippen molar-refractivity contribution in [2.24, 2.45) is 5.92 Å². The van der Waals surface area contributed by atoms with Gasteiger partial charge in [-0.2, -0.15) is 0 Å². The number of pyridine rings is 1. The van der Waals surface area contributed by atoms with Gasteiger partial charge in [-0.15, -0.1) is 0 Å². The molecular formula is C20H25NO4. The third-order valence-corrected chi connectivity index (χ3v) is 4.03. The summed E-state index contributed by atoms with van der Waals surface area (Å²) in [6.07, 6.45) is 4.79. The molecule has 0 saturated heterocycles. The molecule has 1 atom stereocenters. The van der Waals surface area contributed by atoms with Gasteiger partial charge in [0.25, 0.3) is 0 Å². The van der Waals surface area contributed by atoms with Gasteiger partial charge in [0.15, 0.2) is 0 Å². The zero-order valence-electron chi connectivity index (χ0n) is 15.0. The third kappa shape index (κ3) is 6.10. The van der Waals surface area contributed by atoms with Gasteiger partial charge in [0.1, 0.15) is 11.5 Å². The number of carbonyl (C=O) groups is 1. The average Bonchev–Trinajstić information content (AvgIpc) is 2.66. The molecule has 1 aromatic carbocycles. The Morgan fingerprint density at radius 3 is 2.44 bits per heavy atom. The molecule has 0 aliphatic heterocycles. The second-order valence-electron chi connectivity index (χ2n) is 5.95. The standard InChI is InChI=1S/C20H25NO4/c1-4-15(2)6-5-13-24-19-12-7-16(14-21-19)20(22)25-18-10-8-17(23-3)9-11-18/h7-12,14-15H,4-6,13H2,1-3H3. The van der Waals surface area contributed by atoms with Crippen molar-refractivity contribution in [3.63, 3.8) is 0 Å². The summed E-state index contributed by atoms with van der Waals surface area (Å²) in [6.45, 7) is 5.06. The Labute approximate surface area is 148 Å². The van der Waals surface area contributed by atoms with Gasteiger partial charge < -0.3 is 14.2 Å². The summed E-state index contributed by atoms with van der Waals surface area (Å²) in [5.41, 5.74) is 0.378. The Morgan fingerprint density at radius 1 is 1.12 bits per heavy atom. The van der Waals surface area contributed by atoms with Crippen LogP contribution < -0.4 is 14.2 Å². The van der Waals surface area contributed by atoms with Crippen molar-refractivity contribution in [2.75, 3.05) is 13.7 Å². The Hall–Kier alpha value is -2.56. The maximum Gasteiger partial charge on any atom is 0.345 e. The van der Waals surface area contributed by atoms with E-state index in [4.69, 9.17) is 14.2 Å². The van der Waals surface area contributed by atoms with Crippen molar-refractivity contribution in [1.29, 1.82) is 0 Å². The molecule has 0 aliphatic carbocycles. The van der Waals surface area contributed by atoms with Gasteiger partial charge in [-0.05, 0) is 49.1 Å². The van der Waals surface area contributed by atoms with Crippen LogP contribution in [-0.4, -0.2) is 24.7 Å². The van der Waals surface area contributed by atoms with Crippen molar-refractivity contribution < 1.29 is 19.0 Å². The normalized spacial score (nSPS) is 11.6. The summed E-state index contributed by atoms with van der Waals surface area (Å²) < 4.78 is 16.0. The minimum absolute atomic E-state index is 0.378. The number of ether oxygens (including phenoxy) is 3. The molecular weight excluding hydrogens is 318 g/mol. The van der Waals surface area contributed by atoms with Gasteiger partial charge >= 0.3 is 5.97 Å². The molecule has 0 N–H and O–H groups in total. The maximum atomic E-state index is 12.1. The molecule has 0 amide bonds. The van der Waals surface area contributed by atoms with Crippen LogP contribution in [0.2, 0.25) is 0 Å². The summed E-state index contributed by atoms with van der Waals surface area (Å²) in [4.78, 5) is 16.3. The molecule has 0 fully saturated rings. The quantitative estimate of drug-likeness (QED) is 0.381. The molecule has 1 aromatic heterocycles. The lowest BCUT2D eigenvalue weighted by Gasteiger charge is -2.09. The number of esters is 1. The van der Waals surface area contributed by atoms with Crippen LogP contribution in [0.3, 0.4) is 0 Å². The van der Waals surface area contributed by atoms with E-state index >= 15 is 0 Å². The molecule has 0 bridgehead atoms. The first-order valence-corrected chi connectivity index (χ1v) is 8.57. The van der Waals surface area contributed by atoms with Crippen LogP contribution in [0.15, 0.2) is 42.6 Å². The van der Waals surface area contributed by atoms with E-state index in [9.17, 15) is 4.79 Å². The van der Waals surface area contributed by atoms with E-state index < -0.39 is 5.97 Å². The summed E-state index contributed by atoms with van der Waals surface area (Å²) in [7, 11) is 1.58. The molecule has 2 aromatic rings. The molecule has 0 saturated carbocycles. The van der Waals surface area contributed by atoms with Crippen molar-refractivity contribution in [3.05, 3.63) is 48.2 Å². The van der Waals surface area contributed by atoms with Gasteiger partial charge in [0.2, 0.25) is 5.88 Å². The summed E-state index contributed by atoms with van der Waals surface area (Å²) in [5, 5.41) is 0. The molecule has 0 spiro atoms. The number of hydrogen-bond donors (Lipinski definition) is 0. The minimum Gasteiger partial charge on any atom is -0.497 e. The number of rotatable bonds is 9. The first-order valence-electron chi connectivity index (χ1n) is 8.57. The first-order chi connectivity index (χ1) is 12.1. The lowest BCUT2D eigenvalue weighted by atomic mass is 10.0. The largest absolute Gasteiger partial charge is 0.497 e. The van der Waals surface area contributed by atoms with Crippen molar-refractivity contribution >= 4 is 5.97 Å². The Morgan fingerprint density at radius 2 is 1.84 bits per heavy atom. The SMILES string of the molecule is CCC(C)CCCOc1ccc(C(=O)Oc2ccc(OC)cc2)cn1.